The summed E-state index contributed by atoms with van der Waals surface area (Å²) in [6, 6.07) is 0. The first-order chi connectivity index (χ1) is 26.3. The summed E-state index contributed by atoms with van der Waals surface area (Å²) in [4.78, 5) is 39.5. The molecule has 9 unspecified atom stereocenters. The standard InChI is InChI=1S/C40H62F2O13S/c1-25-10-29-14-32(43)20-38(15-25,17-29)35(45)55-24-37(21-52-33(44)31-13-28-11-26(2)16-39(47,18-28)19-31)22-53-34(54-23-37)30(12-27-6-4-3-5-7-27)8-9-51-36(46)40(41,42)56(48,49)50/h25-32,34,43,47H,3-24H2,1-2H3,(H,48,49,50). The number of carbonyl (C=O) groups excluding carboxylic acids is 3. The Morgan fingerprint density at radius 2 is 1.48 bits per heavy atom. The number of hydrogen-bond acceptors (Lipinski definition) is 12. The van der Waals surface area contributed by atoms with E-state index in [9.17, 15) is 41.8 Å². The van der Waals surface area contributed by atoms with E-state index in [2.05, 4.69) is 18.6 Å². The Labute approximate surface area is 329 Å². The minimum Gasteiger partial charge on any atom is -0.465 e. The number of hydrogen-bond donors (Lipinski definition) is 3. The zero-order valence-electron chi connectivity index (χ0n) is 32.8. The highest BCUT2D eigenvalue weighted by molar-refractivity contribution is 7.87. The predicted molar refractivity (Wildman–Crippen MR) is 195 cm³/mol. The van der Waals surface area contributed by atoms with Gasteiger partial charge in [0.05, 0.1) is 48.3 Å². The zero-order chi connectivity index (χ0) is 40.5. The molecular weight excluding hydrogens is 758 g/mol. The number of esters is 3. The summed E-state index contributed by atoms with van der Waals surface area (Å²) in [5.74, 6) is -2.79. The number of carbonyl (C=O) groups is 3. The van der Waals surface area contributed by atoms with E-state index in [0.717, 1.165) is 44.9 Å². The molecule has 13 nitrogen and oxygen atoms in total. The van der Waals surface area contributed by atoms with E-state index in [1.54, 1.807) is 0 Å². The first kappa shape index (κ1) is 43.6. The van der Waals surface area contributed by atoms with Crippen molar-refractivity contribution in [2.75, 3.05) is 33.0 Å². The van der Waals surface area contributed by atoms with Crippen molar-refractivity contribution in [1.82, 2.24) is 0 Å². The SMILES string of the molecule is CC1CC2CC(C(=O)OCC3(COC(=O)C45CC(C)CC(CC(O)C4)C5)COC(C(CCOC(=O)C(F)(F)S(=O)(=O)O)CC4CCCCC4)OC3)CC(O)(C1)C2. The van der Waals surface area contributed by atoms with Gasteiger partial charge >= 0.3 is 33.3 Å². The maximum Gasteiger partial charge on any atom is 0.465 e. The van der Waals surface area contributed by atoms with Gasteiger partial charge in [0.1, 0.15) is 13.2 Å². The van der Waals surface area contributed by atoms with Crippen LogP contribution in [0.5, 0.6) is 0 Å². The van der Waals surface area contributed by atoms with E-state index in [-0.39, 0.29) is 50.6 Å². The van der Waals surface area contributed by atoms with Crippen molar-refractivity contribution in [1.29, 1.82) is 0 Å². The number of alkyl halides is 2. The summed E-state index contributed by atoms with van der Waals surface area (Å²) < 4.78 is 88.1. The lowest BCUT2D eigenvalue weighted by Gasteiger charge is -2.48. The van der Waals surface area contributed by atoms with E-state index in [4.69, 9.17) is 23.5 Å². The molecule has 0 spiro atoms. The summed E-state index contributed by atoms with van der Waals surface area (Å²) >= 11 is 0. The number of ether oxygens (including phenoxy) is 5. The van der Waals surface area contributed by atoms with Gasteiger partial charge in [0.15, 0.2) is 6.29 Å². The molecule has 1 aliphatic heterocycles. The maximum atomic E-state index is 14.0. The van der Waals surface area contributed by atoms with Crippen molar-refractivity contribution >= 4 is 28.0 Å². The maximum absolute atomic E-state index is 14.0. The molecule has 6 rings (SSSR count). The third kappa shape index (κ3) is 10.2. The van der Waals surface area contributed by atoms with Crippen LogP contribution in [0.25, 0.3) is 0 Å². The highest BCUT2D eigenvalue weighted by atomic mass is 32.2. The van der Waals surface area contributed by atoms with E-state index in [1.807, 2.05) is 0 Å². The number of aliphatic hydroxyl groups is 2. The van der Waals surface area contributed by atoms with Crippen molar-refractivity contribution in [3.63, 3.8) is 0 Å². The van der Waals surface area contributed by atoms with Crippen LogP contribution in [-0.4, -0.2) is 97.4 Å². The lowest BCUT2D eigenvalue weighted by Crippen LogP contribution is -2.53. The van der Waals surface area contributed by atoms with Gasteiger partial charge in [-0.1, -0.05) is 46.0 Å². The Balaban J connectivity index is 1.14. The molecule has 0 aromatic carbocycles. The Hall–Kier alpha value is -1.98. The molecule has 0 radical (unpaired) electrons. The van der Waals surface area contributed by atoms with Crippen LogP contribution in [-0.2, 0) is 48.2 Å². The van der Waals surface area contributed by atoms with Crippen LogP contribution < -0.4 is 0 Å². The van der Waals surface area contributed by atoms with Gasteiger partial charge in [-0.3, -0.25) is 14.1 Å². The molecule has 5 saturated carbocycles. The highest BCUT2D eigenvalue weighted by Gasteiger charge is 2.55. The molecule has 4 bridgehead atoms. The second-order valence-corrected chi connectivity index (χ2v) is 20.5. The molecule has 1 heterocycles. The van der Waals surface area contributed by atoms with Crippen LogP contribution >= 0.6 is 0 Å². The minimum atomic E-state index is -6.02. The molecular formula is C40H62F2O13S. The van der Waals surface area contributed by atoms with Crippen molar-refractivity contribution in [2.24, 2.45) is 52.3 Å². The molecule has 320 valence electrons. The molecule has 16 heteroatoms. The van der Waals surface area contributed by atoms with Gasteiger partial charge in [-0.2, -0.15) is 17.2 Å². The van der Waals surface area contributed by atoms with Crippen molar-refractivity contribution < 1.29 is 70.0 Å². The molecule has 3 N–H and O–H groups in total. The van der Waals surface area contributed by atoms with Gasteiger partial charge in [-0.15, -0.1) is 0 Å². The Morgan fingerprint density at radius 3 is 2.14 bits per heavy atom. The van der Waals surface area contributed by atoms with Gasteiger partial charge < -0.3 is 33.9 Å². The summed E-state index contributed by atoms with van der Waals surface area (Å²) in [6.45, 7) is 3.17. The predicted octanol–water partition coefficient (Wildman–Crippen LogP) is 5.59. The monoisotopic (exact) mass is 820 g/mol. The fourth-order valence-electron chi connectivity index (χ4n) is 11.5. The summed E-state index contributed by atoms with van der Waals surface area (Å²) in [7, 11) is -6.02. The summed E-state index contributed by atoms with van der Waals surface area (Å²) in [5.41, 5.74) is -2.84. The highest BCUT2D eigenvalue weighted by Crippen LogP contribution is 2.52. The van der Waals surface area contributed by atoms with Gasteiger partial charge in [0.2, 0.25) is 0 Å². The first-order valence-electron chi connectivity index (χ1n) is 20.8. The van der Waals surface area contributed by atoms with Crippen LogP contribution in [0.3, 0.4) is 0 Å². The van der Waals surface area contributed by atoms with Crippen LogP contribution in [0, 0.1) is 52.3 Å². The minimum absolute atomic E-state index is 0.00000575. The molecule has 6 fully saturated rings. The fourth-order valence-corrected chi connectivity index (χ4v) is 11.8. The van der Waals surface area contributed by atoms with Gasteiger partial charge in [-0.05, 0) is 107 Å². The lowest BCUT2D eigenvalue weighted by atomic mass is 9.58. The van der Waals surface area contributed by atoms with Crippen molar-refractivity contribution in [3.8, 4) is 0 Å². The fraction of sp³-hybridized carbons (Fsp3) is 0.925. The topological polar surface area (TPSA) is 192 Å². The van der Waals surface area contributed by atoms with E-state index < -0.39 is 80.5 Å². The molecule has 56 heavy (non-hydrogen) atoms. The lowest BCUT2D eigenvalue weighted by molar-refractivity contribution is -0.269. The third-order valence-corrected chi connectivity index (χ3v) is 14.5. The van der Waals surface area contributed by atoms with E-state index in [0.29, 0.717) is 69.6 Å². The second kappa shape index (κ2) is 17.3. The van der Waals surface area contributed by atoms with Crippen molar-refractivity contribution in [3.05, 3.63) is 0 Å². The molecule has 0 aromatic heterocycles. The Bertz CT molecular complexity index is 1490. The molecule has 1 saturated heterocycles. The molecule has 6 aliphatic rings. The molecule has 0 aromatic rings. The van der Waals surface area contributed by atoms with Crippen LogP contribution in [0.1, 0.15) is 123 Å². The molecule has 9 atom stereocenters. The summed E-state index contributed by atoms with van der Waals surface area (Å²) in [5, 5.41) is 16.8. The van der Waals surface area contributed by atoms with Gasteiger partial charge in [0, 0.05) is 5.92 Å². The van der Waals surface area contributed by atoms with Crippen LogP contribution in [0.15, 0.2) is 0 Å². The second-order valence-electron chi connectivity index (χ2n) is 19.1. The van der Waals surface area contributed by atoms with E-state index >= 15 is 0 Å². The van der Waals surface area contributed by atoms with Gasteiger partial charge in [-0.25, -0.2) is 4.79 Å². The Kier molecular flexibility index (Phi) is 13.5. The zero-order valence-corrected chi connectivity index (χ0v) is 33.7. The number of halogens is 2. The number of fused-ring (bicyclic) bond motifs is 4. The number of aliphatic hydroxyl groups excluding tert-OH is 1. The summed E-state index contributed by atoms with van der Waals surface area (Å²) in [6.07, 6.45) is 10.4. The van der Waals surface area contributed by atoms with E-state index in [1.165, 1.54) is 0 Å². The number of rotatable bonds is 14. The smallest absolute Gasteiger partial charge is 0.465 e. The van der Waals surface area contributed by atoms with Crippen LogP contribution in [0.4, 0.5) is 8.78 Å². The molecule has 5 aliphatic carbocycles. The van der Waals surface area contributed by atoms with Gasteiger partial charge in [0.25, 0.3) is 0 Å². The third-order valence-electron chi connectivity index (χ3n) is 13.7. The average Bonchev–Trinajstić information content (AvgIpc) is 3.11. The Morgan fingerprint density at radius 1 is 0.839 bits per heavy atom. The normalized spacial score (nSPS) is 38.6. The quantitative estimate of drug-likeness (QED) is 0.112. The van der Waals surface area contributed by atoms with Crippen LogP contribution in [0.2, 0.25) is 0 Å². The average molecular weight is 821 g/mol. The largest absolute Gasteiger partial charge is 0.465 e. The molecule has 0 amide bonds. The first-order valence-corrected chi connectivity index (χ1v) is 22.2. The van der Waals surface area contributed by atoms with Crippen molar-refractivity contribution in [2.45, 2.75) is 146 Å².